The van der Waals surface area contributed by atoms with Crippen LogP contribution in [-0.2, 0) is 9.53 Å². The van der Waals surface area contributed by atoms with Crippen LogP contribution in [0, 0.1) is 28.6 Å². The highest BCUT2D eigenvalue weighted by atomic mass is 16.5. The molecule has 3 aliphatic carbocycles. The van der Waals surface area contributed by atoms with Gasteiger partial charge in [0.2, 0.25) is 0 Å². The third-order valence-corrected chi connectivity index (χ3v) is 7.11. The van der Waals surface area contributed by atoms with Crippen LogP contribution in [-0.4, -0.2) is 12.1 Å². The summed E-state index contributed by atoms with van der Waals surface area (Å²) in [6.45, 7) is 10.2. The van der Waals surface area contributed by atoms with Gasteiger partial charge < -0.3 is 4.74 Å². The van der Waals surface area contributed by atoms with Gasteiger partial charge in [0.15, 0.2) is 0 Å². The molecule has 102 valence electrons. The van der Waals surface area contributed by atoms with Gasteiger partial charge in [-0.1, -0.05) is 20.8 Å². The number of rotatable bonds is 2. The third-order valence-electron chi connectivity index (χ3n) is 7.11. The molecule has 2 heteroatoms. The van der Waals surface area contributed by atoms with Crippen LogP contribution in [0.1, 0.15) is 59.8 Å². The lowest BCUT2D eigenvalue weighted by Gasteiger charge is -2.46. The second kappa shape index (κ2) is 3.52. The summed E-state index contributed by atoms with van der Waals surface area (Å²) < 4.78 is 5.63. The fourth-order valence-electron chi connectivity index (χ4n) is 6.11. The summed E-state index contributed by atoms with van der Waals surface area (Å²) in [7, 11) is 0. The summed E-state index contributed by atoms with van der Waals surface area (Å²) in [6, 6.07) is 0. The quantitative estimate of drug-likeness (QED) is 0.697. The van der Waals surface area contributed by atoms with Crippen LogP contribution in [0.3, 0.4) is 0 Å². The zero-order valence-corrected chi connectivity index (χ0v) is 12.2. The molecule has 2 bridgehead atoms. The van der Waals surface area contributed by atoms with Crippen molar-refractivity contribution in [2.24, 2.45) is 28.6 Å². The van der Waals surface area contributed by atoms with Crippen molar-refractivity contribution in [1.29, 1.82) is 0 Å². The largest absolute Gasteiger partial charge is 0.461 e. The van der Waals surface area contributed by atoms with Crippen LogP contribution in [0.15, 0.2) is 0 Å². The molecule has 0 aromatic carbocycles. The van der Waals surface area contributed by atoms with Gasteiger partial charge in [-0.3, -0.25) is 4.79 Å². The minimum Gasteiger partial charge on any atom is -0.461 e. The van der Waals surface area contributed by atoms with Crippen molar-refractivity contribution in [2.75, 3.05) is 0 Å². The minimum atomic E-state index is -0.203. The lowest BCUT2D eigenvalue weighted by molar-refractivity contribution is -0.159. The van der Waals surface area contributed by atoms with E-state index in [-0.39, 0.29) is 11.0 Å². The first-order valence-electron chi connectivity index (χ1n) is 7.49. The fraction of sp³-hybridized carbons (Fsp3) is 0.938. The Labute approximate surface area is 110 Å². The lowest BCUT2D eigenvalue weighted by atomic mass is 9.63. The zero-order valence-electron chi connectivity index (χ0n) is 12.2. The summed E-state index contributed by atoms with van der Waals surface area (Å²) in [5.74, 6) is 2.38. The average molecular weight is 250 g/mol. The van der Waals surface area contributed by atoms with Gasteiger partial charge in [0.05, 0.1) is 0 Å². The molecule has 0 unspecified atom stereocenters. The van der Waals surface area contributed by atoms with Gasteiger partial charge in [0.25, 0.3) is 6.47 Å². The topological polar surface area (TPSA) is 26.3 Å². The van der Waals surface area contributed by atoms with E-state index in [1.165, 1.54) is 25.7 Å². The normalized spacial score (nSPS) is 53.0. The Morgan fingerprint density at radius 2 is 1.89 bits per heavy atom. The van der Waals surface area contributed by atoms with Crippen LogP contribution in [0.2, 0.25) is 0 Å². The predicted octanol–water partition coefficient (Wildman–Crippen LogP) is 3.79. The Morgan fingerprint density at radius 3 is 2.56 bits per heavy atom. The number of carbonyl (C=O) groups is 1. The summed E-state index contributed by atoms with van der Waals surface area (Å²) in [5.41, 5.74) is 0.486. The first-order valence-corrected chi connectivity index (χ1v) is 7.49. The molecule has 3 saturated carbocycles. The van der Waals surface area contributed by atoms with E-state index in [0.29, 0.717) is 11.9 Å². The molecular formula is C16H26O2. The standard InChI is InChI=1S/C16H26O2/c1-11-5-8-16-9-12(11)14(2,3)13(16)6-7-15(16,4)18-10-17/h10-13H,5-9H2,1-4H3/t11-,12-,13+,15-,16-/m1/s1. The van der Waals surface area contributed by atoms with E-state index in [1.54, 1.807) is 0 Å². The second-order valence-corrected chi connectivity index (χ2v) is 7.84. The summed E-state index contributed by atoms with van der Waals surface area (Å²) in [6.07, 6.45) is 6.13. The molecule has 5 atom stereocenters. The first kappa shape index (κ1) is 12.5. The molecule has 0 N–H and O–H groups in total. The van der Waals surface area contributed by atoms with Gasteiger partial charge in [-0.25, -0.2) is 0 Å². The molecule has 3 rings (SSSR count). The van der Waals surface area contributed by atoms with E-state index in [2.05, 4.69) is 27.7 Å². The van der Waals surface area contributed by atoms with Crippen LogP contribution in [0.25, 0.3) is 0 Å². The maximum atomic E-state index is 10.9. The molecule has 0 amide bonds. The van der Waals surface area contributed by atoms with E-state index in [9.17, 15) is 4.79 Å². The SMILES string of the molecule is C[C@@H]1CC[C@@]23C[C@H]1C(C)(C)[C@@H]2CC[C@@]3(C)OC=O. The Hall–Kier alpha value is -0.530. The van der Waals surface area contributed by atoms with Crippen LogP contribution < -0.4 is 0 Å². The van der Waals surface area contributed by atoms with Gasteiger partial charge in [-0.2, -0.15) is 0 Å². The molecule has 0 aromatic rings. The second-order valence-electron chi connectivity index (χ2n) is 7.84. The Morgan fingerprint density at radius 1 is 1.17 bits per heavy atom. The monoisotopic (exact) mass is 250 g/mol. The van der Waals surface area contributed by atoms with E-state index in [1.807, 2.05) is 0 Å². The van der Waals surface area contributed by atoms with E-state index in [4.69, 9.17) is 4.74 Å². The molecule has 2 nitrogen and oxygen atoms in total. The third kappa shape index (κ3) is 1.22. The van der Waals surface area contributed by atoms with Gasteiger partial charge in [0.1, 0.15) is 5.60 Å². The van der Waals surface area contributed by atoms with Crippen molar-refractivity contribution in [2.45, 2.75) is 65.4 Å². The summed E-state index contributed by atoms with van der Waals surface area (Å²) in [4.78, 5) is 10.9. The first-order chi connectivity index (χ1) is 8.37. The molecule has 1 spiro atoms. The van der Waals surface area contributed by atoms with Crippen molar-refractivity contribution >= 4 is 6.47 Å². The number of ether oxygens (including phenoxy) is 1. The van der Waals surface area contributed by atoms with E-state index in [0.717, 1.165) is 24.2 Å². The van der Waals surface area contributed by atoms with Crippen LogP contribution in [0.4, 0.5) is 0 Å². The van der Waals surface area contributed by atoms with Crippen molar-refractivity contribution in [3.05, 3.63) is 0 Å². The van der Waals surface area contributed by atoms with Crippen molar-refractivity contribution in [3.8, 4) is 0 Å². The number of hydrogen-bond acceptors (Lipinski definition) is 2. The molecule has 18 heavy (non-hydrogen) atoms. The molecule has 0 radical (unpaired) electrons. The van der Waals surface area contributed by atoms with Gasteiger partial charge in [0, 0.05) is 5.41 Å². The number of hydrogen-bond donors (Lipinski definition) is 0. The lowest BCUT2D eigenvalue weighted by Crippen LogP contribution is -2.46. The molecule has 0 aromatic heterocycles. The van der Waals surface area contributed by atoms with Gasteiger partial charge in [-0.15, -0.1) is 0 Å². The van der Waals surface area contributed by atoms with E-state index >= 15 is 0 Å². The smallest absolute Gasteiger partial charge is 0.293 e. The maximum Gasteiger partial charge on any atom is 0.293 e. The Kier molecular flexibility index (Phi) is 2.44. The van der Waals surface area contributed by atoms with Crippen molar-refractivity contribution < 1.29 is 9.53 Å². The number of carbonyl (C=O) groups excluding carboxylic acids is 1. The highest BCUT2D eigenvalue weighted by Crippen LogP contribution is 2.74. The maximum absolute atomic E-state index is 10.9. The minimum absolute atomic E-state index is 0.203. The average Bonchev–Trinajstić information content (AvgIpc) is 2.67. The van der Waals surface area contributed by atoms with Crippen molar-refractivity contribution in [1.82, 2.24) is 0 Å². The highest BCUT2D eigenvalue weighted by Gasteiger charge is 2.70. The van der Waals surface area contributed by atoms with Crippen molar-refractivity contribution in [3.63, 3.8) is 0 Å². The summed E-state index contributed by atoms with van der Waals surface area (Å²) >= 11 is 0. The number of fused-ring (bicyclic) bond motifs is 1. The Bertz CT molecular complexity index is 375. The Balaban J connectivity index is 2.05. The molecule has 0 heterocycles. The zero-order chi connectivity index (χ0) is 13.2. The molecule has 3 fully saturated rings. The molecule has 0 aliphatic heterocycles. The molecular weight excluding hydrogens is 224 g/mol. The van der Waals surface area contributed by atoms with Gasteiger partial charge >= 0.3 is 0 Å². The van der Waals surface area contributed by atoms with Crippen LogP contribution >= 0.6 is 0 Å². The molecule has 3 aliphatic rings. The van der Waals surface area contributed by atoms with E-state index < -0.39 is 0 Å². The summed E-state index contributed by atoms with van der Waals surface area (Å²) in [5, 5.41) is 0. The fourth-order valence-corrected chi connectivity index (χ4v) is 6.11. The molecule has 0 saturated heterocycles. The van der Waals surface area contributed by atoms with Crippen LogP contribution in [0.5, 0.6) is 0 Å². The highest BCUT2D eigenvalue weighted by molar-refractivity contribution is 5.40. The van der Waals surface area contributed by atoms with Gasteiger partial charge in [-0.05, 0) is 62.2 Å². The predicted molar refractivity (Wildman–Crippen MR) is 71.0 cm³/mol.